The summed E-state index contributed by atoms with van der Waals surface area (Å²) in [5.41, 5.74) is 3.12. The lowest BCUT2D eigenvalue weighted by atomic mass is 10.2. The van der Waals surface area contributed by atoms with Crippen molar-refractivity contribution < 1.29 is 0 Å². The molecule has 1 heterocycles. The second kappa shape index (κ2) is 6.75. The van der Waals surface area contributed by atoms with Crippen LogP contribution in [0.2, 0.25) is 0 Å². The Morgan fingerprint density at radius 1 is 1.09 bits per heavy atom. The molecule has 0 atom stereocenters. The van der Waals surface area contributed by atoms with Crippen LogP contribution in [0.5, 0.6) is 0 Å². The first-order valence-electron chi connectivity index (χ1n) is 7.15. The first kappa shape index (κ1) is 15.4. The maximum absolute atomic E-state index is 4.52. The van der Waals surface area contributed by atoms with Gasteiger partial charge in [0.15, 0.2) is 5.82 Å². The smallest absolute Gasteiger partial charge is 0.249 e. The van der Waals surface area contributed by atoms with Gasteiger partial charge in [-0.05, 0) is 36.8 Å². The fourth-order valence-corrected chi connectivity index (χ4v) is 2.47. The van der Waals surface area contributed by atoms with Gasteiger partial charge < -0.3 is 10.2 Å². The normalized spacial score (nSPS) is 10.4. The lowest BCUT2D eigenvalue weighted by Gasteiger charge is -2.18. The molecule has 0 unspecified atom stereocenters. The van der Waals surface area contributed by atoms with Crippen molar-refractivity contribution in [2.75, 3.05) is 17.3 Å². The van der Waals surface area contributed by atoms with Gasteiger partial charge in [0.2, 0.25) is 5.95 Å². The van der Waals surface area contributed by atoms with Crippen molar-refractivity contribution in [2.24, 2.45) is 0 Å². The third-order valence-corrected chi connectivity index (χ3v) is 4.32. The van der Waals surface area contributed by atoms with Crippen LogP contribution in [0.4, 0.5) is 23.1 Å². The van der Waals surface area contributed by atoms with Crippen molar-refractivity contribution in [2.45, 2.75) is 6.92 Å². The van der Waals surface area contributed by atoms with E-state index in [1.807, 2.05) is 67.4 Å². The van der Waals surface area contributed by atoms with Crippen molar-refractivity contribution in [3.63, 3.8) is 0 Å². The Labute approximate surface area is 143 Å². The maximum atomic E-state index is 4.52. The molecule has 3 aromatic rings. The van der Waals surface area contributed by atoms with Crippen molar-refractivity contribution in [1.29, 1.82) is 0 Å². The molecular weight excluding hydrogens is 354 g/mol. The van der Waals surface area contributed by atoms with Gasteiger partial charge in [0, 0.05) is 22.9 Å². The van der Waals surface area contributed by atoms with E-state index in [1.54, 1.807) is 6.20 Å². The molecule has 0 saturated heterocycles. The summed E-state index contributed by atoms with van der Waals surface area (Å²) in [5, 5.41) is 11.3. The van der Waals surface area contributed by atoms with Crippen molar-refractivity contribution in [3.05, 3.63) is 64.8 Å². The van der Waals surface area contributed by atoms with Crippen LogP contribution < -0.4 is 10.2 Å². The van der Waals surface area contributed by atoms with Gasteiger partial charge >= 0.3 is 0 Å². The minimum absolute atomic E-state index is 0.459. The number of para-hydroxylation sites is 1. The minimum atomic E-state index is 0.459. The molecule has 0 aliphatic heterocycles. The molecule has 2 aromatic carbocycles. The largest absolute Gasteiger partial charge is 0.328 e. The van der Waals surface area contributed by atoms with Gasteiger partial charge in [-0.2, -0.15) is 10.1 Å². The van der Waals surface area contributed by atoms with Crippen LogP contribution in [0.15, 0.2) is 59.2 Å². The van der Waals surface area contributed by atoms with E-state index in [2.05, 4.69) is 36.4 Å². The van der Waals surface area contributed by atoms with E-state index >= 15 is 0 Å². The number of aromatic nitrogens is 3. The van der Waals surface area contributed by atoms with E-state index < -0.39 is 0 Å². The van der Waals surface area contributed by atoms with Crippen molar-refractivity contribution in [1.82, 2.24) is 15.2 Å². The zero-order chi connectivity index (χ0) is 16.2. The molecule has 116 valence electrons. The van der Waals surface area contributed by atoms with Crippen LogP contribution >= 0.6 is 15.9 Å². The monoisotopic (exact) mass is 369 g/mol. The quantitative estimate of drug-likeness (QED) is 0.735. The van der Waals surface area contributed by atoms with E-state index in [0.717, 1.165) is 21.7 Å². The van der Waals surface area contributed by atoms with Gasteiger partial charge in [0.1, 0.15) is 0 Å². The summed E-state index contributed by atoms with van der Waals surface area (Å²) < 4.78 is 1.04. The van der Waals surface area contributed by atoms with Gasteiger partial charge in [0.25, 0.3) is 0 Å². The Kier molecular flexibility index (Phi) is 4.52. The Balaban J connectivity index is 1.83. The van der Waals surface area contributed by atoms with Crippen molar-refractivity contribution >= 4 is 39.1 Å². The highest BCUT2D eigenvalue weighted by atomic mass is 79.9. The number of halogens is 1. The maximum Gasteiger partial charge on any atom is 0.249 e. The number of nitrogens with one attached hydrogen (secondary N) is 1. The molecule has 0 saturated carbocycles. The summed E-state index contributed by atoms with van der Waals surface area (Å²) in [5.74, 6) is 1.18. The zero-order valence-corrected chi connectivity index (χ0v) is 14.4. The average Bonchev–Trinajstić information content (AvgIpc) is 2.58. The molecule has 6 heteroatoms. The number of aryl methyl sites for hydroxylation is 1. The highest BCUT2D eigenvalue weighted by molar-refractivity contribution is 9.10. The van der Waals surface area contributed by atoms with Crippen LogP contribution in [0.3, 0.4) is 0 Å². The number of rotatable bonds is 4. The van der Waals surface area contributed by atoms with Crippen LogP contribution in [0, 0.1) is 6.92 Å². The molecule has 5 nitrogen and oxygen atoms in total. The molecule has 0 spiro atoms. The third-order valence-electron chi connectivity index (χ3n) is 3.46. The molecule has 0 aliphatic rings. The standard InChI is InChI=1S/C17H16BrN5/c1-12-8-9-13(10-15(12)18)20-17-21-16(11-19-22-17)23(2)14-6-4-3-5-7-14/h3-11H,1-2H3,(H,20,21,22). The number of hydrogen-bond acceptors (Lipinski definition) is 5. The summed E-state index contributed by atoms with van der Waals surface area (Å²) in [4.78, 5) is 6.49. The SMILES string of the molecule is Cc1ccc(Nc2nncc(N(C)c3ccccc3)n2)cc1Br. The second-order valence-electron chi connectivity index (χ2n) is 5.12. The van der Waals surface area contributed by atoms with Crippen LogP contribution in [0.1, 0.15) is 5.56 Å². The van der Waals surface area contributed by atoms with Gasteiger partial charge in [-0.3, -0.25) is 0 Å². The van der Waals surface area contributed by atoms with E-state index in [1.165, 1.54) is 5.56 Å². The summed E-state index contributed by atoms with van der Waals surface area (Å²) in [7, 11) is 1.95. The number of hydrogen-bond donors (Lipinski definition) is 1. The molecule has 1 aromatic heterocycles. The first-order valence-corrected chi connectivity index (χ1v) is 7.94. The lowest BCUT2D eigenvalue weighted by Crippen LogP contribution is -2.13. The average molecular weight is 370 g/mol. The highest BCUT2D eigenvalue weighted by Gasteiger charge is 2.08. The summed E-state index contributed by atoms with van der Waals surface area (Å²) in [6.07, 6.45) is 1.64. The van der Waals surface area contributed by atoms with Gasteiger partial charge in [-0.25, -0.2) is 0 Å². The Hall–Kier alpha value is -2.47. The van der Waals surface area contributed by atoms with E-state index in [4.69, 9.17) is 0 Å². The Morgan fingerprint density at radius 3 is 2.61 bits per heavy atom. The third kappa shape index (κ3) is 3.65. The molecule has 0 fully saturated rings. The number of anilines is 4. The number of benzene rings is 2. The molecule has 1 N–H and O–H groups in total. The predicted octanol–water partition coefficient (Wildman–Crippen LogP) is 4.45. The van der Waals surface area contributed by atoms with Crippen LogP contribution in [0.25, 0.3) is 0 Å². The molecule has 0 radical (unpaired) electrons. The van der Waals surface area contributed by atoms with E-state index in [-0.39, 0.29) is 0 Å². The zero-order valence-electron chi connectivity index (χ0n) is 12.9. The van der Waals surface area contributed by atoms with E-state index in [0.29, 0.717) is 5.95 Å². The minimum Gasteiger partial charge on any atom is -0.328 e. The molecule has 23 heavy (non-hydrogen) atoms. The lowest BCUT2D eigenvalue weighted by molar-refractivity contribution is 0.957. The predicted molar refractivity (Wildman–Crippen MR) is 96.5 cm³/mol. The molecule has 0 amide bonds. The second-order valence-corrected chi connectivity index (χ2v) is 5.98. The summed E-state index contributed by atoms with van der Waals surface area (Å²) in [6, 6.07) is 16.0. The fraction of sp³-hybridized carbons (Fsp3) is 0.118. The van der Waals surface area contributed by atoms with Crippen molar-refractivity contribution in [3.8, 4) is 0 Å². The summed E-state index contributed by atoms with van der Waals surface area (Å²) in [6.45, 7) is 2.04. The first-order chi connectivity index (χ1) is 11.1. The fourth-order valence-electron chi connectivity index (χ4n) is 2.09. The Bertz CT molecular complexity index is 807. The topological polar surface area (TPSA) is 53.9 Å². The van der Waals surface area contributed by atoms with Gasteiger partial charge in [0.05, 0.1) is 6.20 Å². The van der Waals surface area contributed by atoms with E-state index in [9.17, 15) is 0 Å². The van der Waals surface area contributed by atoms with Gasteiger partial charge in [-0.15, -0.1) is 5.10 Å². The molecule has 0 bridgehead atoms. The Morgan fingerprint density at radius 2 is 1.87 bits per heavy atom. The number of nitrogens with zero attached hydrogens (tertiary/aromatic N) is 4. The van der Waals surface area contributed by atoms with Crippen LogP contribution in [-0.2, 0) is 0 Å². The van der Waals surface area contributed by atoms with Gasteiger partial charge in [-0.1, -0.05) is 40.2 Å². The molecular formula is C17H16BrN5. The molecule has 3 rings (SSSR count). The van der Waals surface area contributed by atoms with Crippen LogP contribution in [-0.4, -0.2) is 22.2 Å². The highest BCUT2D eigenvalue weighted by Crippen LogP contribution is 2.24. The summed E-state index contributed by atoms with van der Waals surface area (Å²) >= 11 is 3.52. The molecule has 0 aliphatic carbocycles.